The monoisotopic (exact) mass is 616 g/mol. The fourth-order valence-corrected chi connectivity index (χ4v) is 9.69. The first-order chi connectivity index (χ1) is 20.8. The van der Waals surface area contributed by atoms with E-state index in [1.807, 2.05) is 5.32 Å². The topological polar surface area (TPSA) is 102 Å². The van der Waals surface area contributed by atoms with Gasteiger partial charge >= 0.3 is 6.18 Å². The van der Waals surface area contributed by atoms with Crippen molar-refractivity contribution >= 4 is 22.7 Å². The van der Waals surface area contributed by atoms with Crippen LogP contribution in [0.5, 0.6) is 5.75 Å². The second-order valence-corrected chi connectivity index (χ2v) is 14.7. The number of ether oxygens (including phenoxy) is 1. The molecule has 4 aliphatic carbocycles. The molecule has 2 heterocycles. The fraction of sp³-hybridized carbons (Fsp3) is 0.697. The van der Waals surface area contributed by atoms with Crippen LogP contribution in [0.3, 0.4) is 0 Å². The van der Waals surface area contributed by atoms with Crippen molar-refractivity contribution in [1.82, 2.24) is 20.2 Å². The van der Waals surface area contributed by atoms with Crippen LogP contribution in [-0.2, 0) is 15.8 Å². The number of amides is 2. The molecule has 0 unspecified atom stereocenters. The molecule has 0 spiro atoms. The third-order valence-electron chi connectivity index (χ3n) is 10.4. The van der Waals surface area contributed by atoms with Crippen molar-refractivity contribution < 1.29 is 27.5 Å². The number of halogens is 3. The summed E-state index contributed by atoms with van der Waals surface area (Å²) in [7, 11) is 0. The number of hydrogen-bond donors (Lipinski definition) is 2. The molecule has 44 heavy (non-hydrogen) atoms. The van der Waals surface area contributed by atoms with E-state index in [4.69, 9.17) is 4.74 Å². The van der Waals surface area contributed by atoms with Crippen LogP contribution >= 0.6 is 0 Å². The SMILES string of the molecule is C[C@]12CC3CC(NCCCCCCCOc4cccc5nc(C(F)(F)F)n([C@H]6CCC(=O)NC6=O)c(=O)c45)(C1)C[C@](C)(C3)C2. The van der Waals surface area contributed by atoms with Gasteiger partial charge in [0.1, 0.15) is 17.2 Å². The molecule has 0 radical (unpaired) electrons. The molecular formula is C33H43F3N4O4. The summed E-state index contributed by atoms with van der Waals surface area (Å²) in [6.45, 7) is 6.34. The Morgan fingerprint density at radius 3 is 2.39 bits per heavy atom. The Labute approximate surface area is 255 Å². The third kappa shape index (κ3) is 6.13. The molecule has 2 amide bonds. The van der Waals surface area contributed by atoms with Crippen LogP contribution < -0.4 is 20.9 Å². The molecule has 1 aromatic carbocycles. The minimum Gasteiger partial charge on any atom is -0.493 e. The smallest absolute Gasteiger partial charge is 0.449 e. The summed E-state index contributed by atoms with van der Waals surface area (Å²) in [6, 6.07) is 2.86. The van der Waals surface area contributed by atoms with Gasteiger partial charge < -0.3 is 10.1 Å². The second-order valence-electron chi connectivity index (χ2n) is 14.7. The van der Waals surface area contributed by atoms with E-state index in [0.29, 0.717) is 27.5 Å². The Hall–Kier alpha value is -2.95. The number of imide groups is 1. The van der Waals surface area contributed by atoms with Crippen molar-refractivity contribution in [2.45, 2.75) is 115 Å². The highest BCUT2D eigenvalue weighted by molar-refractivity contribution is 5.99. The third-order valence-corrected chi connectivity index (χ3v) is 10.4. The Bertz CT molecular complexity index is 1490. The van der Waals surface area contributed by atoms with Gasteiger partial charge in [0, 0.05) is 12.0 Å². The minimum atomic E-state index is -4.98. The van der Waals surface area contributed by atoms with Gasteiger partial charge in [0.15, 0.2) is 0 Å². The lowest BCUT2D eigenvalue weighted by Crippen LogP contribution is -2.64. The molecule has 2 N–H and O–H groups in total. The van der Waals surface area contributed by atoms with Crippen LogP contribution in [0.15, 0.2) is 23.0 Å². The molecule has 5 aliphatic rings. The van der Waals surface area contributed by atoms with Crippen LogP contribution in [0, 0.1) is 16.7 Å². The van der Waals surface area contributed by atoms with Crippen LogP contribution in [0.2, 0.25) is 0 Å². The number of benzene rings is 1. The van der Waals surface area contributed by atoms with Crippen molar-refractivity contribution in [2.24, 2.45) is 16.7 Å². The minimum absolute atomic E-state index is 0.108. The van der Waals surface area contributed by atoms with E-state index >= 15 is 0 Å². The quantitative estimate of drug-likeness (QED) is 0.235. The predicted octanol–water partition coefficient (Wildman–Crippen LogP) is 6.06. The zero-order chi connectivity index (χ0) is 31.3. The van der Waals surface area contributed by atoms with Gasteiger partial charge in [0.2, 0.25) is 17.6 Å². The molecular weight excluding hydrogens is 573 g/mol. The molecule has 8 nitrogen and oxygen atoms in total. The lowest BCUT2D eigenvalue weighted by Gasteiger charge is -2.65. The van der Waals surface area contributed by atoms with Gasteiger partial charge in [-0.2, -0.15) is 13.2 Å². The van der Waals surface area contributed by atoms with Crippen LogP contribution in [0.1, 0.15) is 109 Å². The molecule has 4 saturated carbocycles. The number of hydrogen-bond acceptors (Lipinski definition) is 6. The molecule has 1 aliphatic heterocycles. The fourth-order valence-electron chi connectivity index (χ4n) is 9.69. The maximum atomic E-state index is 14.0. The van der Waals surface area contributed by atoms with Crippen molar-refractivity contribution in [3.8, 4) is 5.75 Å². The first-order valence-corrected chi connectivity index (χ1v) is 16.1. The summed E-state index contributed by atoms with van der Waals surface area (Å²) in [5.41, 5.74) is 0.154. The normalized spacial score (nSPS) is 31.5. The first-order valence-electron chi connectivity index (χ1n) is 16.1. The number of carbonyl (C=O) groups is 2. The van der Waals surface area contributed by atoms with E-state index in [9.17, 15) is 27.6 Å². The van der Waals surface area contributed by atoms with Crippen molar-refractivity contribution in [2.75, 3.05) is 13.2 Å². The Balaban J connectivity index is 1.02. The van der Waals surface area contributed by atoms with Crippen LogP contribution in [0.25, 0.3) is 10.9 Å². The number of unbranched alkanes of at least 4 members (excludes halogenated alkanes) is 4. The van der Waals surface area contributed by atoms with E-state index < -0.39 is 35.4 Å². The standard InChI is InChI=1S/C33H43F3N4O4/c1-30-15-21-16-31(2,18-30)20-32(17-21,19-30)37-13-6-4-3-5-7-14-44-24-10-8-9-22-26(24)28(43)40(29(38-22)33(34,35)36)23-11-12-25(41)39-27(23)42/h8-10,21,23,37H,3-7,11-20H2,1-2H3,(H,39,41,42)/t21?,23-,30+,31+,32?/m0/s1. The zero-order valence-electron chi connectivity index (χ0n) is 25.7. The van der Waals surface area contributed by atoms with Gasteiger partial charge in [-0.05, 0) is 93.2 Å². The highest BCUT2D eigenvalue weighted by Gasteiger charge is 2.59. The van der Waals surface area contributed by atoms with Gasteiger partial charge in [0.25, 0.3) is 5.56 Å². The predicted molar refractivity (Wildman–Crippen MR) is 159 cm³/mol. The van der Waals surface area contributed by atoms with Gasteiger partial charge in [0.05, 0.1) is 12.1 Å². The molecule has 11 heteroatoms. The van der Waals surface area contributed by atoms with E-state index in [1.54, 1.807) is 0 Å². The van der Waals surface area contributed by atoms with Gasteiger partial charge in [-0.3, -0.25) is 24.3 Å². The molecule has 3 atom stereocenters. The molecule has 1 saturated heterocycles. The van der Waals surface area contributed by atoms with Gasteiger partial charge in [-0.15, -0.1) is 0 Å². The summed E-state index contributed by atoms with van der Waals surface area (Å²) in [6.07, 6.45) is 7.69. The molecule has 2 aromatic rings. The maximum Gasteiger partial charge on any atom is 0.449 e. The van der Waals surface area contributed by atoms with Crippen molar-refractivity contribution in [3.05, 3.63) is 34.4 Å². The lowest BCUT2D eigenvalue weighted by atomic mass is 9.43. The molecule has 4 bridgehead atoms. The Morgan fingerprint density at radius 1 is 1.00 bits per heavy atom. The summed E-state index contributed by atoms with van der Waals surface area (Å²) in [4.78, 5) is 41.2. The van der Waals surface area contributed by atoms with Gasteiger partial charge in [-0.25, -0.2) is 4.98 Å². The van der Waals surface area contributed by atoms with Crippen LogP contribution in [-0.4, -0.2) is 40.1 Å². The highest BCUT2D eigenvalue weighted by Crippen LogP contribution is 2.66. The lowest BCUT2D eigenvalue weighted by molar-refractivity contribution is -0.150. The molecule has 1 aromatic heterocycles. The number of rotatable bonds is 11. The van der Waals surface area contributed by atoms with E-state index in [1.165, 1.54) is 56.7 Å². The average molecular weight is 617 g/mol. The molecule has 7 rings (SSSR count). The van der Waals surface area contributed by atoms with E-state index in [-0.39, 0.29) is 29.5 Å². The molecule has 5 fully saturated rings. The number of piperidine rings is 1. The number of carbonyl (C=O) groups excluding carboxylic acids is 2. The summed E-state index contributed by atoms with van der Waals surface area (Å²) in [5, 5.41) is 5.91. The largest absolute Gasteiger partial charge is 0.493 e. The average Bonchev–Trinajstić information content (AvgIpc) is 2.90. The number of nitrogens with zero attached hydrogens (tertiary/aromatic N) is 2. The number of fused-ring (bicyclic) bond motifs is 1. The van der Waals surface area contributed by atoms with E-state index in [2.05, 4.69) is 24.1 Å². The number of nitrogens with one attached hydrogen (secondary N) is 2. The van der Waals surface area contributed by atoms with E-state index in [0.717, 1.165) is 44.6 Å². The first kappa shape index (κ1) is 31.0. The summed E-state index contributed by atoms with van der Waals surface area (Å²) in [5.74, 6) is -2.00. The number of aromatic nitrogens is 2. The summed E-state index contributed by atoms with van der Waals surface area (Å²) >= 11 is 0. The summed E-state index contributed by atoms with van der Waals surface area (Å²) < 4.78 is 48.1. The number of alkyl halides is 3. The highest BCUT2D eigenvalue weighted by atomic mass is 19.4. The molecule has 240 valence electrons. The van der Waals surface area contributed by atoms with Gasteiger partial charge in [-0.1, -0.05) is 39.2 Å². The maximum absolute atomic E-state index is 14.0. The zero-order valence-corrected chi connectivity index (χ0v) is 25.7. The van der Waals surface area contributed by atoms with Crippen LogP contribution in [0.4, 0.5) is 13.2 Å². The second kappa shape index (κ2) is 11.4. The Kier molecular flexibility index (Phi) is 8.08. The van der Waals surface area contributed by atoms with Crippen molar-refractivity contribution in [1.29, 1.82) is 0 Å². The Morgan fingerprint density at radius 2 is 1.70 bits per heavy atom. The van der Waals surface area contributed by atoms with Crippen molar-refractivity contribution in [3.63, 3.8) is 0 Å².